The van der Waals surface area contributed by atoms with Gasteiger partial charge >= 0.3 is 12.4 Å². The molecular formula is C20H21F6N3O. The smallest absolute Gasteiger partial charge is 0.346 e. The Kier molecular flexibility index (Phi) is 5.41. The van der Waals surface area contributed by atoms with E-state index in [0.29, 0.717) is 18.7 Å². The number of benzene rings is 1. The number of halogens is 6. The molecule has 0 radical (unpaired) electrons. The molecule has 1 N–H and O–H groups in total. The van der Waals surface area contributed by atoms with Gasteiger partial charge in [0.1, 0.15) is 11.5 Å². The summed E-state index contributed by atoms with van der Waals surface area (Å²) in [4.78, 5) is 16.6. The normalized spacial score (nSPS) is 17.6. The molecule has 3 rings (SSSR count). The topological polar surface area (TPSA) is 46.9 Å². The molecule has 1 aromatic carbocycles. The highest BCUT2D eigenvalue weighted by Crippen LogP contribution is 2.39. The fourth-order valence-corrected chi connectivity index (χ4v) is 3.44. The molecule has 1 aromatic heterocycles. The van der Waals surface area contributed by atoms with E-state index < -0.39 is 34.9 Å². The van der Waals surface area contributed by atoms with Crippen LogP contribution < -0.4 is 5.32 Å². The first-order chi connectivity index (χ1) is 13.6. The number of carbonyl (C=O) groups excluding carboxylic acids is 1. The van der Waals surface area contributed by atoms with Crippen molar-refractivity contribution in [3.63, 3.8) is 0 Å². The van der Waals surface area contributed by atoms with Gasteiger partial charge in [0, 0.05) is 30.6 Å². The van der Waals surface area contributed by atoms with Crippen LogP contribution >= 0.6 is 0 Å². The maximum atomic E-state index is 13.1. The zero-order valence-electron chi connectivity index (χ0n) is 16.6. The van der Waals surface area contributed by atoms with Crippen molar-refractivity contribution in [1.29, 1.82) is 0 Å². The summed E-state index contributed by atoms with van der Waals surface area (Å²) in [7, 11) is 0. The highest BCUT2D eigenvalue weighted by Gasteiger charge is 2.38. The van der Waals surface area contributed by atoms with Gasteiger partial charge in [0.15, 0.2) is 0 Å². The average molecular weight is 433 g/mol. The Morgan fingerprint density at radius 2 is 1.60 bits per heavy atom. The first-order valence-electron chi connectivity index (χ1n) is 9.31. The van der Waals surface area contributed by atoms with Crippen LogP contribution in [0.25, 0.3) is 0 Å². The van der Waals surface area contributed by atoms with Crippen molar-refractivity contribution in [3.05, 3.63) is 52.6 Å². The fraction of sp³-hybridized carbons (Fsp3) is 0.500. The van der Waals surface area contributed by atoms with E-state index in [1.165, 1.54) is 6.20 Å². The summed E-state index contributed by atoms with van der Waals surface area (Å²) in [6, 6.07) is 1.67. The second-order valence-electron chi connectivity index (χ2n) is 8.47. The summed E-state index contributed by atoms with van der Waals surface area (Å²) >= 11 is 0. The summed E-state index contributed by atoms with van der Waals surface area (Å²) in [5, 5.41) is 2.77. The van der Waals surface area contributed by atoms with Crippen molar-refractivity contribution in [3.8, 4) is 0 Å². The van der Waals surface area contributed by atoms with Crippen molar-refractivity contribution in [1.82, 2.24) is 14.9 Å². The molecule has 30 heavy (non-hydrogen) atoms. The van der Waals surface area contributed by atoms with Crippen molar-refractivity contribution in [2.24, 2.45) is 0 Å². The van der Waals surface area contributed by atoms with Gasteiger partial charge in [-0.25, -0.2) is 4.98 Å². The number of aromatic nitrogens is 2. The molecule has 2 heterocycles. The van der Waals surface area contributed by atoms with Crippen molar-refractivity contribution >= 4 is 5.91 Å². The zero-order chi connectivity index (χ0) is 22.5. The van der Waals surface area contributed by atoms with Crippen LogP contribution in [0, 0.1) is 0 Å². The van der Waals surface area contributed by atoms with Gasteiger partial charge in [-0.2, -0.15) is 26.3 Å². The van der Waals surface area contributed by atoms with Gasteiger partial charge in [0.2, 0.25) is 0 Å². The Hall–Kier alpha value is -2.52. The summed E-state index contributed by atoms with van der Waals surface area (Å²) in [6.07, 6.45) is -7.62. The molecule has 164 valence electrons. The quantitative estimate of drug-likeness (QED) is 0.664. The third kappa shape index (κ3) is 4.96. The number of amides is 1. The van der Waals surface area contributed by atoms with E-state index in [1.54, 1.807) is 4.57 Å². The van der Waals surface area contributed by atoms with Crippen molar-refractivity contribution in [2.75, 3.05) is 0 Å². The van der Waals surface area contributed by atoms with Crippen LogP contribution in [0.4, 0.5) is 26.3 Å². The lowest BCUT2D eigenvalue weighted by Gasteiger charge is -2.25. The van der Waals surface area contributed by atoms with Gasteiger partial charge in [-0.05, 0) is 51.0 Å². The van der Waals surface area contributed by atoms with Gasteiger partial charge in [0.25, 0.3) is 5.91 Å². The molecule has 0 saturated heterocycles. The number of fused-ring (bicyclic) bond motifs is 1. The van der Waals surface area contributed by atoms with Crippen LogP contribution in [0.5, 0.6) is 0 Å². The Morgan fingerprint density at radius 3 is 2.10 bits per heavy atom. The third-order valence-corrected chi connectivity index (χ3v) is 4.80. The first-order valence-corrected chi connectivity index (χ1v) is 9.31. The maximum Gasteiger partial charge on any atom is 0.416 e. The molecule has 0 bridgehead atoms. The summed E-state index contributed by atoms with van der Waals surface area (Å²) in [6.45, 7) is 5.57. The van der Waals surface area contributed by atoms with Gasteiger partial charge in [-0.15, -0.1) is 0 Å². The standard InChI is InChI=1S/C20H21F6N3O/c1-18(2,3)28-17(30)15-10-29-9-11(4-5-16(29)27-15)12-6-13(19(21,22)23)8-14(7-12)20(24,25)26/h6-8,10-11H,4-5,9H2,1-3H3,(H,28,30)/t11-/m0/s1. The number of alkyl halides is 6. The van der Waals surface area contributed by atoms with Crippen LogP contribution in [-0.4, -0.2) is 21.0 Å². The number of aryl methyl sites for hydroxylation is 1. The molecule has 1 aliphatic rings. The number of carbonyl (C=O) groups is 1. The minimum atomic E-state index is -4.89. The van der Waals surface area contributed by atoms with Crippen molar-refractivity contribution in [2.45, 2.75) is 64.0 Å². The van der Waals surface area contributed by atoms with E-state index in [9.17, 15) is 31.1 Å². The van der Waals surface area contributed by atoms with E-state index in [1.807, 2.05) is 20.8 Å². The van der Waals surface area contributed by atoms with Gasteiger partial charge in [-0.3, -0.25) is 4.79 Å². The predicted octanol–water partition coefficient (Wildman–Crippen LogP) is 5.18. The van der Waals surface area contributed by atoms with E-state index in [-0.39, 0.29) is 29.8 Å². The molecule has 4 nitrogen and oxygen atoms in total. The largest absolute Gasteiger partial charge is 0.416 e. The van der Waals surface area contributed by atoms with E-state index >= 15 is 0 Å². The minimum Gasteiger partial charge on any atom is -0.346 e. The Labute approximate surface area is 169 Å². The molecule has 0 fully saturated rings. The van der Waals surface area contributed by atoms with Gasteiger partial charge in [0.05, 0.1) is 11.1 Å². The summed E-state index contributed by atoms with van der Waals surface area (Å²) in [5.74, 6) is -0.374. The fourth-order valence-electron chi connectivity index (χ4n) is 3.44. The lowest BCUT2D eigenvalue weighted by atomic mass is 9.89. The summed E-state index contributed by atoms with van der Waals surface area (Å²) < 4.78 is 80.5. The highest BCUT2D eigenvalue weighted by atomic mass is 19.4. The average Bonchev–Trinajstić information content (AvgIpc) is 3.02. The molecule has 0 spiro atoms. The Balaban J connectivity index is 1.91. The molecule has 0 unspecified atom stereocenters. The second kappa shape index (κ2) is 7.31. The van der Waals surface area contributed by atoms with Gasteiger partial charge < -0.3 is 9.88 Å². The lowest BCUT2D eigenvalue weighted by Crippen LogP contribution is -2.40. The lowest BCUT2D eigenvalue weighted by molar-refractivity contribution is -0.143. The van der Waals surface area contributed by atoms with Crippen LogP contribution in [0.3, 0.4) is 0 Å². The zero-order valence-corrected chi connectivity index (χ0v) is 16.6. The number of nitrogens with one attached hydrogen (secondary N) is 1. The molecule has 1 aliphatic heterocycles. The monoisotopic (exact) mass is 433 g/mol. The molecule has 0 saturated carbocycles. The molecule has 0 aliphatic carbocycles. The van der Waals surface area contributed by atoms with E-state index in [2.05, 4.69) is 10.3 Å². The first kappa shape index (κ1) is 22.2. The minimum absolute atomic E-state index is 0.0304. The molecular weight excluding hydrogens is 412 g/mol. The third-order valence-electron chi connectivity index (χ3n) is 4.80. The van der Waals surface area contributed by atoms with Crippen LogP contribution in [0.1, 0.15) is 66.1 Å². The molecule has 1 atom stereocenters. The number of nitrogens with zero attached hydrogens (tertiary/aromatic N) is 2. The molecule has 1 amide bonds. The van der Waals surface area contributed by atoms with E-state index in [4.69, 9.17) is 0 Å². The molecule has 10 heteroatoms. The highest BCUT2D eigenvalue weighted by molar-refractivity contribution is 5.92. The number of imidazole rings is 1. The Morgan fingerprint density at radius 1 is 1.03 bits per heavy atom. The maximum absolute atomic E-state index is 13.1. The van der Waals surface area contributed by atoms with Crippen LogP contribution in [0.2, 0.25) is 0 Å². The number of hydrogen-bond donors (Lipinski definition) is 1. The summed E-state index contributed by atoms with van der Waals surface area (Å²) in [5.41, 5.74) is -2.99. The molecule has 2 aromatic rings. The van der Waals surface area contributed by atoms with Crippen LogP contribution in [0.15, 0.2) is 24.4 Å². The second-order valence-corrected chi connectivity index (χ2v) is 8.47. The SMILES string of the molecule is CC(C)(C)NC(=O)c1cn2c(n1)CC[C@H](c1cc(C(F)(F)F)cc(C(F)(F)F)c1)C2. The predicted molar refractivity (Wildman–Crippen MR) is 97.0 cm³/mol. The van der Waals surface area contributed by atoms with Crippen LogP contribution in [-0.2, 0) is 25.3 Å². The number of hydrogen-bond acceptors (Lipinski definition) is 2. The van der Waals surface area contributed by atoms with Crippen molar-refractivity contribution < 1.29 is 31.1 Å². The van der Waals surface area contributed by atoms with E-state index in [0.717, 1.165) is 12.1 Å². The number of rotatable bonds is 2. The van der Waals surface area contributed by atoms with Gasteiger partial charge in [-0.1, -0.05) is 0 Å². The Bertz CT molecular complexity index is 921.